The molecule has 0 aromatic carbocycles. The largest absolute Gasteiger partial charge is 0.290 e. The molecule has 1 N–H and O–H groups in total. The third-order valence-electron chi connectivity index (χ3n) is 2.05. The lowest BCUT2D eigenvalue weighted by Gasteiger charge is -1.93. The van der Waals surface area contributed by atoms with Gasteiger partial charge in [0.05, 0.1) is 6.20 Å². The van der Waals surface area contributed by atoms with Gasteiger partial charge in [-0.1, -0.05) is 0 Å². The first kappa shape index (κ1) is 9.57. The number of rotatable bonds is 4. The normalized spacial score (nSPS) is 10.5. The fourth-order valence-electron chi connectivity index (χ4n) is 1.28. The molecule has 0 saturated heterocycles. The summed E-state index contributed by atoms with van der Waals surface area (Å²) in [6, 6.07) is 0. The molecule has 15 heavy (non-hydrogen) atoms. The Balaban J connectivity index is 2.06. The van der Waals surface area contributed by atoms with Crippen LogP contribution in [-0.2, 0) is 13.0 Å². The van der Waals surface area contributed by atoms with Gasteiger partial charge in [-0.3, -0.25) is 14.6 Å². The lowest BCUT2D eigenvalue weighted by Crippen LogP contribution is -2.05. The number of Topliss-reactive ketones (excluding diaryl/α,β-unsaturated/α-hetero) is 1. The first-order valence-corrected chi connectivity index (χ1v) is 4.69. The minimum absolute atomic E-state index is 0.0804. The van der Waals surface area contributed by atoms with Crippen molar-refractivity contribution in [2.24, 2.45) is 0 Å². The van der Waals surface area contributed by atoms with Gasteiger partial charge in [-0.25, -0.2) is 4.98 Å². The van der Waals surface area contributed by atoms with Gasteiger partial charge in [0.15, 0.2) is 5.82 Å². The minimum Gasteiger partial charge on any atom is -0.290 e. The van der Waals surface area contributed by atoms with Crippen molar-refractivity contribution in [1.82, 2.24) is 25.0 Å². The number of aromatic nitrogens is 5. The van der Waals surface area contributed by atoms with Gasteiger partial charge in [0.25, 0.3) is 0 Å². The van der Waals surface area contributed by atoms with Crippen LogP contribution in [-0.4, -0.2) is 30.7 Å². The molecule has 2 aromatic rings. The number of H-pyrrole nitrogens is 1. The Hall–Kier alpha value is -1.98. The number of hydrogen-bond donors (Lipinski definition) is 1. The number of hydrogen-bond acceptors (Lipinski definition) is 4. The highest BCUT2D eigenvalue weighted by Crippen LogP contribution is 2.02. The van der Waals surface area contributed by atoms with Gasteiger partial charge in [-0.2, -0.15) is 10.2 Å². The van der Waals surface area contributed by atoms with Crippen LogP contribution in [0.2, 0.25) is 0 Å². The van der Waals surface area contributed by atoms with Crippen LogP contribution in [0.4, 0.5) is 0 Å². The molecule has 0 unspecified atom stereocenters. The summed E-state index contributed by atoms with van der Waals surface area (Å²) in [5, 5.41) is 10.3. The van der Waals surface area contributed by atoms with Crippen LogP contribution in [0, 0.1) is 0 Å². The molecule has 0 spiro atoms. The Labute approximate surface area is 86.3 Å². The number of carbonyl (C=O) groups excluding carboxylic acids is 1. The zero-order valence-corrected chi connectivity index (χ0v) is 8.34. The second-order valence-corrected chi connectivity index (χ2v) is 3.14. The monoisotopic (exact) mass is 205 g/mol. The first-order valence-electron chi connectivity index (χ1n) is 4.69. The van der Waals surface area contributed by atoms with Crippen molar-refractivity contribution in [3.05, 3.63) is 30.1 Å². The summed E-state index contributed by atoms with van der Waals surface area (Å²) < 4.78 is 1.78. The SMILES string of the molecule is CCn1cc(CC(=O)c2ncn[nH]2)cn1. The zero-order chi connectivity index (χ0) is 10.7. The number of nitrogens with one attached hydrogen (secondary N) is 1. The maximum absolute atomic E-state index is 11.6. The van der Waals surface area contributed by atoms with E-state index in [2.05, 4.69) is 20.3 Å². The van der Waals surface area contributed by atoms with Crippen molar-refractivity contribution < 1.29 is 4.79 Å². The van der Waals surface area contributed by atoms with Gasteiger partial charge in [0, 0.05) is 19.2 Å². The molecule has 0 saturated carbocycles. The van der Waals surface area contributed by atoms with Gasteiger partial charge in [-0.05, 0) is 12.5 Å². The van der Waals surface area contributed by atoms with Gasteiger partial charge < -0.3 is 0 Å². The first-order chi connectivity index (χ1) is 7.29. The van der Waals surface area contributed by atoms with Crippen molar-refractivity contribution in [3.63, 3.8) is 0 Å². The Morgan fingerprint density at radius 2 is 2.47 bits per heavy atom. The van der Waals surface area contributed by atoms with Crippen LogP contribution in [0.25, 0.3) is 0 Å². The molecule has 0 fully saturated rings. The van der Waals surface area contributed by atoms with E-state index >= 15 is 0 Å². The number of aromatic amines is 1. The second-order valence-electron chi connectivity index (χ2n) is 3.14. The molecule has 0 bridgehead atoms. The molecule has 0 aliphatic carbocycles. The summed E-state index contributed by atoms with van der Waals surface area (Å²) in [7, 11) is 0. The topological polar surface area (TPSA) is 76.5 Å². The molecule has 0 amide bonds. The molecule has 0 radical (unpaired) electrons. The van der Waals surface area contributed by atoms with E-state index in [-0.39, 0.29) is 5.78 Å². The van der Waals surface area contributed by atoms with Crippen molar-refractivity contribution in [3.8, 4) is 0 Å². The van der Waals surface area contributed by atoms with E-state index in [0.717, 1.165) is 12.1 Å². The van der Waals surface area contributed by atoms with Crippen LogP contribution < -0.4 is 0 Å². The predicted molar refractivity (Wildman–Crippen MR) is 52.3 cm³/mol. The van der Waals surface area contributed by atoms with Crippen LogP contribution in [0.15, 0.2) is 18.7 Å². The highest BCUT2D eigenvalue weighted by Gasteiger charge is 2.10. The molecule has 78 valence electrons. The maximum Gasteiger partial charge on any atom is 0.204 e. The van der Waals surface area contributed by atoms with Gasteiger partial charge in [0.1, 0.15) is 6.33 Å². The van der Waals surface area contributed by atoms with Crippen molar-refractivity contribution >= 4 is 5.78 Å². The second kappa shape index (κ2) is 4.04. The fourth-order valence-corrected chi connectivity index (χ4v) is 1.28. The minimum atomic E-state index is -0.0804. The summed E-state index contributed by atoms with van der Waals surface area (Å²) in [5.74, 6) is 0.211. The van der Waals surface area contributed by atoms with Crippen LogP contribution in [0.3, 0.4) is 0 Å². The van der Waals surface area contributed by atoms with E-state index < -0.39 is 0 Å². The van der Waals surface area contributed by atoms with E-state index in [0.29, 0.717) is 12.2 Å². The number of carbonyl (C=O) groups is 1. The molecular formula is C9H11N5O. The van der Waals surface area contributed by atoms with E-state index in [9.17, 15) is 4.79 Å². The summed E-state index contributed by atoms with van der Waals surface area (Å²) >= 11 is 0. The summed E-state index contributed by atoms with van der Waals surface area (Å²) in [4.78, 5) is 15.4. The standard InChI is InChI=1S/C9H11N5O/c1-2-14-5-7(4-12-14)3-8(15)9-10-6-11-13-9/h4-6H,2-3H2,1H3,(H,10,11,13). The Morgan fingerprint density at radius 1 is 1.60 bits per heavy atom. The molecule has 6 nitrogen and oxygen atoms in total. The van der Waals surface area contributed by atoms with E-state index in [4.69, 9.17) is 0 Å². The molecule has 2 rings (SSSR count). The lowest BCUT2D eigenvalue weighted by molar-refractivity contribution is 0.0983. The molecule has 0 aliphatic rings. The lowest BCUT2D eigenvalue weighted by atomic mass is 10.2. The zero-order valence-electron chi connectivity index (χ0n) is 8.34. The fraction of sp³-hybridized carbons (Fsp3) is 0.333. The van der Waals surface area contributed by atoms with Crippen molar-refractivity contribution in [1.29, 1.82) is 0 Å². The average molecular weight is 205 g/mol. The van der Waals surface area contributed by atoms with Crippen LogP contribution >= 0.6 is 0 Å². The maximum atomic E-state index is 11.6. The van der Waals surface area contributed by atoms with E-state index in [1.807, 2.05) is 13.1 Å². The molecular weight excluding hydrogens is 194 g/mol. The van der Waals surface area contributed by atoms with Crippen LogP contribution in [0.5, 0.6) is 0 Å². The van der Waals surface area contributed by atoms with Gasteiger partial charge >= 0.3 is 0 Å². The smallest absolute Gasteiger partial charge is 0.204 e. The molecule has 6 heteroatoms. The highest BCUT2D eigenvalue weighted by molar-refractivity contribution is 5.93. The Kier molecular flexibility index (Phi) is 2.57. The van der Waals surface area contributed by atoms with Gasteiger partial charge in [-0.15, -0.1) is 0 Å². The summed E-state index contributed by atoms with van der Waals surface area (Å²) in [6.45, 7) is 2.80. The predicted octanol–water partition coefficient (Wildman–Crippen LogP) is 0.446. The quantitative estimate of drug-likeness (QED) is 0.735. The highest BCUT2D eigenvalue weighted by atomic mass is 16.1. The summed E-state index contributed by atoms with van der Waals surface area (Å²) in [5.41, 5.74) is 0.887. The number of aryl methyl sites for hydroxylation is 1. The number of nitrogens with zero attached hydrogens (tertiary/aromatic N) is 4. The Bertz CT molecular complexity index is 445. The Morgan fingerprint density at radius 3 is 3.07 bits per heavy atom. The van der Waals surface area contributed by atoms with Crippen molar-refractivity contribution in [2.75, 3.05) is 0 Å². The van der Waals surface area contributed by atoms with Crippen LogP contribution in [0.1, 0.15) is 23.1 Å². The van der Waals surface area contributed by atoms with Gasteiger partial charge in [0.2, 0.25) is 5.78 Å². The van der Waals surface area contributed by atoms with Crippen molar-refractivity contribution in [2.45, 2.75) is 19.9 Å². The van der Waals surface area contributed by atoms with E-state index in [1.165, 1.54) is 6.33 Å². The average Bonchev–Trinajstić information content (AvgIpc) is 2.87. The molecule has 0 atom stereocenters. The number of ketones is 1. The van der Waals surface area contributed by atoms with E-state index in [1.54, 1.807) is 10.9 Å². The third kappa shape index (κ3) is 2.09. The third-order valence-corrected chi connectivity index (χ3v) is 2.05. The summed E-state index contributed by atoms with van der Waals surface area (Å²) in [6.07, 6.45) is 5.17. The molecule has 0 aliphatic heterocycles. The molecule has 2 heterocycles. The molecule has 2 aromatic heterocycles.